The lowest BCUT2D eigenvalue weighted by Crippen LogP contribution is -2.26. The highest BCUT2D eigenvalue weighted by Gasteiger charge is 2.22. The van der Waals surface area contributed by atoms with Gasteiger partial charge in [0, 0.05) is 19.0 Å². The van der Waals surface area contributed by atoms with Gasteiger partial charge in [0.1, 0.15) is 6.26 Å². The van der Waals surface area contributed by atoms with Gasteiger partial charge in [0.25, 0.3) is 0 Å². The van der Waals surface area contributed by atoms with Gasteiger partial charge in [0.15, 0.2) is 5.89 Å². The predicted octanol–water partition coefficient (Wildman–Crippen LogP) is 0.770. The van der Waals surface area contributed by atoms with Crippen molar-refractivity contribution >= 4 is 0 Å². The van der Waals surface area contributed by atoms with E-state index >= 15 is 0 Å². The largest absolute Gasteiger partial charge is 0.449 e. The molecule has 1 aliphatic heterocycles. The van der Waals surface area contributed by atoms with Gasteiger partial charge in [-0.3, -0.25) is 0 Å². The van der Waals surface area contributed by atoms with Crippen LogP contribution in [0.3, 0.4) is 0 Å². The topological polar surface area (TPSA) is 55.3 Å². The lowest BCUT2D eigenvalue weighted by Gasteiger charge is -2.16. The standard InChI is InChI=1S/C10H17N3O/c1-13-4-2-3-9(13)5-10-12-8(6-11)7-14-10/h7,9H,2-6,11H2,1H3. The van der Waals surface area contributed by atoms with E-state index in [-0.39, 0.29) is 0 Å². The number of likely N-dealkylation sites (N-methyl/N-ethyl adjacent to an activating group) is 1. The predicted molar refractivity (Wildman–Crippen MR) is 53.8 cm³/mol. The second-order valence-corrected chi connectivity index (χ2v) is 3.92. The van der Waals surface area contributed by atoms with E-state index in [0.717, 1.165) is 18.0 Å². The molecule has 0 bridgehead atoms. The Morgan fingerprint density at radius 1 is 1.71 bits per heavy atom. The highest BCUT2D eigenvalue weighted by Crippen LogP contribution is 2.18. The van der Waals surface area contributed by atoms with E-state index < -0.39 is 0 Å². The second kappa shape index (κ2) is 4.11. The summed E-state index contributed by atoms with van der Waals surface area (Å²) in [5.41, 5.74) is 6.31. The summed E-state index contributed by atoms with van der Waals surface area (Å²) in [5, 5.41) is 0. The van der Waals surface area contributed by atoms with Gasteiger partial charge in [-0.15, -0.1) is 0 Å². The van der Waals surface area contributed by atoms with Crippen molar-refractivity contribution in [3.8, 4) is 0 Å². The summed E-state index contributed by atoms with van der Waals surface area (Å²) in [5.74, 6) is 0.823. The first-order chi connectivity index (χ1) is 6.79. The van der Waals surface area contributed by atoms with Crippen molar-refractivity contribution in [2.24, 2.45) is 5.73 Å². The fourth-order valence-electron chi connectivity index (χ4n) is 1.98. The van der Waals surface area contributed by atoms with E-state index in [1.54, 1.807) is 6.26 Å². The zero-order valence-electron chi connectivity index (χ0n) is 8.57. The van der Waals surface area contributed by atoms with Crippen molar-refractivity contribution in [1.29, 1.82) is 0 Å². The Balaban J connectivity index is 1.96. The molecule has 4 heteroatoms. The SMILES string of the molecule is CN1CCCC1Cc1nc(CN)co1. The summed E-state index contributed by atoms with van der Waals surface area (Å²) in [6.45, 7) is 1.65. The van der Waals surface area contributed by atoms with Gasteiger partial charge in [-0.2, -0.15) is 0 Å². The first-order valence-corrected chi connectivity index (χ1v) is 5.13. The van der Waals surface area contributed by atoms with Crippen LogP contribution in [0.2, 0.25) is 0 Å². The normalized spacial score (nSPS) is 23.1. The number of rotatable bonds is 3. The van der Waals surface area contributed by atoms with Crippen LogP contribution in [0.5, 0.6) is 0 Å². The van der Waals surface area contributed by atoms with Gasteiger partial charge in [-0.1, -0.05) is 0 Å². The first-order valence-electron chi connectivity index (χ1n) is 5.13. The molecular formula is C10H17N3O. The fourth-order valence-corrected chi connectivity index (χ4v) is 1.98. The lowest BCUT2D eigenvalue weighted by molar-refractivity contribution is 0.292. The van der Waals surface area contributed by atoms with Crippen molar-refractivity contribution in [2.45, 2.75) is 31.8 Å². The third kappa shape index (κ3) is 1.96. The van der Waals surface area contributed by atoms with Gasteiger partial charge in [0.05, 0.1) is 5.69 Å². The van der Waals surface area contributed by atoms with Crippen molar-refractivity contribution in [3.05, 3.63) is 17.8 Å². The molecular weight excluding hydrogens is 178 g/mol. The Morgan fingerprint density at radius 3 is 3.14 bits per heavy atom. The van der Waals surface area contributed by atoms with Crippen molar-refractivity contribution < 1.29 is 4.42 Å². The minimum absolute atomic E-state index is 0.462. The minimum Gasteiger partial charge on any atom is -0.449 e. The Bertz CT molecular complexity index is 297. The fraction of sp³-hybridized carbons (Fsp3) is 0.700. The molecule has 0 spiro atoms. The van der Waals surface area contributed by atoms with Gasteiger partial charge in [-0.25, -0.2) is 4.98 Å². The monoisotopic (exact) mass is 195 g/mol. The highest BCUT2D eigenvalue weighted by atomic mass is 16.3. The Hall–Kier alpha value is -0.870. The average Bonchev–Trinajstić information content (AvgIpc) is 2.77. The molecule has 1 fully saturated rings. The Kier molecular flexibility index (Phi) is 2.84. The van der Waals surface area contributed by atoms with E-state index in [4.69, 9.17) is 10.2 Å². The molecule has 2 heterocycles. The number of aromatic nitrogens is 1. The minimum atomic E-state index is 0.462. The molecule has 0 aliphatic carbocycles. The van der Waals surface area contributed by atoms with Crippen LogP contribution in [0.4, 0.5) is 0 Å². The average molecular weight is 195 g/mol. The number of hydrogen-bond donors (Lipinski definition) is 1. The number of likely N-dealkylation sites (tertiary alicyclic amines) is 1. The molecule has 0 aromatic carbocycles. The number of hydrogen-bond acceptors (Lipinski definition) is 4. The molecule has 2 rings (SSSR count). The zero-order valence-corrected chi connectivity index (χ0v) is 8.57. The molecule has 1 saturated heterocycles. The second-order valence-electron chi connectivity index (χ2n) is 3.92. The first kappa shape index (κ1) is 9.68. The summed E-state index contributed by atoms with van der Waals surface area (Å²) in [4.78, 5) is 6.68. The van der Waals surface area contributed by atoms with E-state index in [1.807, 2.05) is 0 Å². The molecule has 1 aromatic rings. The van der Waals surface area contributed by atoms with Crippen LogP contribution in [0.15, 0.2) is 10.7 Å². The van der Waals surface area contributed by atoms with Crippen LogP contribution >= 0.6 is 0 Å². The van der Waals surface area contributed by atoms with E-state index in [1.165, 1.54) is 19.4 Å². The van der Waals surface area contributed by atoms with Gasteiger partial charge < -0.3 is 15.1 Å². The molecule has 2 N–H and O–H groups in total. The summed E-state index contributed by atoms with van der Waals surface area (Å²) in [7, 11) is 2.16. The quantitative estimate of drug-likeness (QED) is 0.774. The number of oxazole rings is 1. The third-order valence-electron chi connectivity index (χ3n) is 2.89. The molecule has 0 saturated carbocycles. The van der Waals surface area contributed by atoms with Crippen LogP contribution in [0.25, 0.3) is 0 Å². The van der Waals surface area contributed by atoms with Gasteiger partial charge in [0.2, 0.25) is 0 Å². The highest BCUT2D eigenvalue weighted by molar-refractivity contribution is 4.98. The van der Waals surface area contributed by atoms with E-state index in [2.05, 4.69) is 16.9 Å². The summed E-state index contributed by atoms with van der Waals surface area (Å²) >= 11 is 0. The molecule has 1 aromatic heterocycles. The summed E-state index contributed by atoms with van der Waals surface area (Å²) in [6.07, 6.45) is 5.10. The van der Waals surface area contributed by atoms with Gasteiger partial charge in [-0.05, 0) is 26.4 Å². The molecule has 1 atom stereocenters. The van der Waals surface area contributed by atoms with Crippen LogP contribution in [0.1, 0.15) is 24.4 Å². The van der Waals surface area contributed by atoms with Crippen LogP contribution in [0, 0.1) is 0 Å². The Labute approximate surface area is 84.1 Å². The molecule has 1 unspecified atom stereocenters. The number of nitrogens with two attached hydrogens (primary N) is 1. The van der Waals surface area contributed by atoms with Crippen molar-refractivity contribution in [3.63, 3.8) is 0 Å². The smallest absolute Gasteiger partial charge is 0.195 e. The van der Waals surface area contributed by atoms with Crippen molar-refractivity contribution in [2.75, 3.05) is 13.6 Å². The summed E-state index contributed by atoms with van der Waals surface area (Å²) in [6, 6.07) is 0.597. The maximum absolute atomic E-state index is 5.47. The molecule has 0 amide bonds. The molecule has 1 aliphatic rings. The molecule has 0 radical (unpaired) electrons. The number of nitrogens with zero attached hydrogens (tertiary/aromatic N) is 2. The summed E-state index contributed by atoms with van der Waals surface area (Å²) < 4.78 is 5.35. The maximum atomic E-state index is 5.47. The zero-order chi connectivity index (χ0) is 9.97. The van der Waals surface area contributed by atoms with Crippen molar-refractivity contribution in [1.82, 2.24) is 9.88 Å². The third-order valence-corrected chi connectivity index (χ3v) is 2.89. The van der Waals surface area contributed by atoms with Crippen LogP contribution in [-0.4, -0.2) is 29.5 Å². The van der Waals surface area contributed by atoms with E-state index in [9.17, 15) is 0 Å². The maximum Gasteiger partial charge on any atom is 0.195 e. The van der Waals surface area contributed by atoms with Crippen LogP contribution in [-0.2, 0) is 13.0 Å². The molecule has 14 heavy (non-hydrogen) atoms. The molecule has 4 nitrogen and oxygen atoms in total. The van der Waals surface area contributed by atoms with Gasteiger partial charge >= 0.3 is 0 Å². The molecule has 78 valence electrons. The van der Waals surface area contributed by atoms with E-state index in [0.29, 0.717) is 12.6 Å². The van der Waals surface area contributed by atoms with Crippen LogP contribution < -0.4 is 5.73 Å². The lowest BCUT2D eigenvalue weighted by atomic mass is 10.1. The Morgan fingerprint density at radius 2 is 2.57 bits per heavy atom.